The maximum atomic E-state index is 12.1. The first kappa shape index (κ1) is 16.8. The highest BCUT2D eigenvalue weighted by atomic mass is 35.5. The Labute approximate surface area is 139 Å². The number of carbonyl (C=O) groups is 1. The van der Waals surface area contributed by atoms with E-state index in [9.17, 15) is 13.2 Å². The fraction of sp³-hybridized carbons (Fsp3) is 0.133. The van der Waals surface area contributed by atoms with E-state index in [2.05, 4.69) is 5.32 Å². The zero-order valence-corrected chi connectivity index (χ0v) is 13.8. The molecule has 0 fully saturated rings. The smallest absolute Gasteiger partial charge is 0.239 e. The molecule has 2 rings (SSSR count). The molecule has 0 radical (unpaired) electrons. The summed E-state index contributed by atoms with van der Waals surface area (Å²) in [5.41, 5.74) is 0.844. The molecule has 0 heterocycles. The zero-order valence-electron chi connectivity index (χ0n) is 11.4. The van der Waals surface area contributed by atoms with Crippen molar-refractivity contribution in [1.82, 2.24) is 0 Å². The summed E-state index contributed by atoms with van der Waals surface area (Å²) in [6.07, 6.45) is 0. The lowest BCUT2D eigenvalue weighted by Crippen LogP contribution is -2.24. The van der Waals surface area contributed by atoms with E-state index in [1.54, 1.807) is 48.5 Å². The van der Waals surface area contributed by atoms with Crippen molar-refractivity contribution in [2.75, 3.05) is 11.1 Å². The van der Waals surface area contributed by atoms with Crippen LogP contribution in [0.3, 0.4) is 0 Å². The summed E-state index contributed by atoms with van der Waals surface area (Å²) < 4.78 is 24.3. The molecule has 0 spiro atoms. The normalized spacial score (nSPS) is 11.2. The van der Waals surface area contributed by atoms with Crippen molar-refractivity contribution in [2.45, 2.75) is 5.75 Å². The lowest BCUT2D eigenvalue weighted by molar-refractivity contribution is -0.113. The second-order valence-corrected chi connectivity index (χ2v) is 7.53. The van der Waals surface area contributed by atoms with Gasteiger partial charge in [0.1, 0.15) is 5.75 Å². The molecule has 0 aliphatic carbocycles. The molecule has 0 unspecified atom stereocenters. The van der Waals surface area contributed by atoms with Crippen LogP contribution in [0, 0.1) is 0 Å². The standard InChI is InChI=1S/C15H13Cl2NO3S/c16-13-7-4-8-14(17)12(13)9-22(20,21)10-15(19)18-11-5-2-1-3-6-11/h1-8H,9-10H2,(H,18,19). The second kappa shape index (κ2) is 7.13. The summed E-state index contributed by atoms with van der Waals surface area (Å²) in [7, 11) is -3.68. The van der Waals surface area contributed by atoms with Gasteiger partial charge in [-0.15, -0.1) is 0 Å². The third kappa shape index (κ3) is 4.73. The first-order valence-electron chi connectivity index (χ1n) is 6.35. The van der Waals surface area contributed by atoms with Crippen molar-refractivity contribution in [3.63, 3.8) is 0 Å². The number of halogens is 2. The first-order valence-corrected chi connectivity index (χ1v) is 8.93. The van der Waals surface area contributed by atoms with Crippen molar-refractivity contribution in [3.05, 3.63) is 64.1 Å². The average Bonchev–Trinajstić information content (AvgIpc) is 2.43. The van der Waals surface area contributed by atoms with E-state index in [-0.39, 0.29) is 15.8 Å². The summed E-state index contributed by atoms with van der Waals surface area (Å²) >= 11 is 11.9. The molecule has 0 atom stereocenters. The van der Waals surface area contributed by atoms with Crippen LogP contribution in [0.1, 0.15) is 5.56 Å². The van der Waals surface area contributed by atoms with Crippen molar-refractivity contribution < 1.29 is 13.2 Å². The molecule has 1 amide bonds. The number of para-hydroxylation sites is 1. The highest BCUT2D eigenvalue weighted by molar-refractivity contribution is 7.91. The van der Waals surface area contributed by atoms with Gasteiger partial charge in [-0.2, -0.15) is 0 Å². The molecule has 0 saturated carbocycles. The van der Waals surface area contributed by atoms with E-state index in [1.165, 1.54) is 0 Å². The van der Waals surface area contributed by atoms with Gasteiger partial charge in [-0.3, -0.25) is 4.79 Å². The Hall–Kier alpha value is -1.56. The van der Waals surface area contributed by atoms with Gasteiger partial charge in [0.2, 0.25) is 5.91 Å². The number of benzene rings is 2. The minimum absolute atomic E-state index is 0.263. The van der Waals surface area contributed by atoms with Gasteiger partial charge < -0.3 is 5.32 Å². The number of rotatable bonds is 5. The molecule has 7 heteroatoms. The van der Waals surface area contributed by atoms with Gasteiger partial charge in [0.15, 0.2) is 9.84 Å². The van der Waals surface area contributed by atoms with Crippen LogP contribution in [0.15, 0.2) is 48.5 Å². The van der Waals surface area contributed by atoms with Gasteiger partial charge in [0.05, 0.1) is 5.75 Å². The van der Waals surface area contributed by atoms with Crippen molar-refractivity contribution in [2.24, 2.45) is 0 Å². The summed E-state index contributed by atoms with van der Waals surface area (Å²) in [5, 5.41) is 3.06. The maximum Gasteiger partial charge on any atom is 0.239 e. The minimum Gasteiger partial charge on any atom is -0.325 e. The van der Waals surface area contributed by atoms with Gasteiger partial charge in [0, 0.05) is 21.3 Å². The number of carbonyl (C=O) groups excluding carboxylic acids is 1. The predicted molar refractivity (Wildman–Crippen MR) is 89.0 cm³/mol. The Kier molecular flexibility index (Phi) is 5.45. The summed E-state index contributed by atoms with van der Waals surface area (Å²) in [6, 6.07) is 13.4. The number of nitrogens with one attached hydrogen (secondary N) is 1. The van der Waals surface area contributed by atoms with Crippen LogP contribution in [-0.4, -0.2) is 20.1 Å². The second-order valence-electron chi connectivity index (χ2n) is 4.65. The highest BCUT2D eigenvalue weighted by Crippen LogP contribution is 2.26. The van der Waals surface area contributed by atoms with E-state index >= 15 is 0 Å². The molecule has 0 saturated heterocycles. The van der Waals surface area contributed by atoms with Crippen molar-refractivity contribution in [3.8, 4) is 0 Å². The monoisotopic (exact) mass is 357 g/mol. The van der Waals surface area contributed by atoms with E-state index in [1.807, 2.05) is 0 Å². The van der Waals surface area contributed by atoms with Crippen LogP contribution >= 0.6 is 23.2 Å². The van der Waals surface area contributed by atoms with Crippen LogP contribution in [0.5, 0.6) is 0 Å². The Bertz CT molecular complexity index is 756. The van der Waals surface area contributed by atoms with Gasteiger partial charge in [-0.05, 0) is 24.3 Å². The van der Waals surface area contributed by atoms with Crippen LogP contribution in [0.4, 0.5) is 5.69 Å². The Morgan fingerprint density at radius 1 is 0.955 bits per heavy atom. The van der Waals surface area contributed by atoms with E-state index < -0.39 is 21.5 Å². The largest absolute Gasteiger partial charge is 0.325 e. The molecule has 2 aromatic rings. The maximum absolute atomic E-state index is 12.1. The number of hydrogen-bond acceptors (Lipinski definition) is 3. The molecule has 4 nitrogen and oxygen atoms in total. The number of hydrogen-bond donors (Lipinski definition) is 1. The van der Waals surface area contributed by atoms with Crippen LogP contribution in [0.25, 0.3) is 0 Å². The number of anilines is 1. The number of amides is 1. The van der Waals surface area contributed by atoms with E-state index in [0.29, 0.717) is 11.3 Å². The average molecular weight is 358 g/mol. The summed E-state index contributed by atoms with van der Waals surface area (Å²) in [5.74, 6) is -1.62. The molecule has 22 heavy (non-hydrogen) atoms. The lowest BCUT2D eigenvalue weighted by atomic mass is 10.2. The van der Waals surface area contributed by atoms with Gasteiger partial charge >= 0.3 is 0 Å². The van der Waals surface area contributed by atoms with E-state index in [4.69, 9.17) is 23.2 Å². The van der Waals surface area contributed by atoms with Crippen LogP contribution < -0.4 is 5.32 Å². The third-order valence-corrected chi connectivity index (χ3v) is 4.97. The van der Waals surface area contributed by atoms with Crippen molar-refractivity contribution >= 4 is 44.6 Å². The fourth-order valence-corrected chi connectivity index (χ4v) is 3.87. The molecule has 0 aromatic heterocycles. The van der Waals surface area contributed by atoms with Crippen LogP contribution in [-0.2, 0) is 20.4 Å². The topological polar surface area (TPSA) is 63.2 Å². The Morgan fingerprint density at radius 2 is 1.55 bits per heavy atom. The zero-order chi connectivity index (χ0) is 16.2. The summed E-state index contributed by atoms with van der Waals surface area (Å²) in [4.78, 5) is 11.8. The SMILES string of the molecule is O=C(CS(=O)(=O)Cc1c(Cl)cccc1Cl)Nc1ccccc1. The predicted octanol–water partition coefficient (Wildman–Crippen LogP) is 3.55. The quantitative estimate of drug-likeness (QED) is 0.889. The highest BCUT2D eigenvalue weighted by Gasteiger charge is 2.20. The first-order chi connectivity index (χ1) is 10.4. The Balaban J connectivity index is 2.07. The molecule has 0 aliphatic rings. The molecule has 0 aliphatic heterocycles. The molecular formula is C15H13Cl2NO3S. The van der Waals surface area contributed by atoms with Gasteiger partial charge in [-0.25, -0.2) is 8.42 Å². The molecule has 0 bridgehead atoms. The summed E-state index contributed by atoms with van der Waals surface area (Å²) in [6.45, 7) is 0. The van der Waals surface area contributed by atoms with Gasteiger partial charge in [0.25, 0.3) is 0 Å². The molecule has 2 aromatic carbocycles. The van der Waals surface area contributed by atoms with E-state index in [0.717, 1.165) is 0 Å². The molecule has 116 valence electrons. The lowest BCUT2D eigenvalue weighted by Gasteiger charge is -2.09. The molecule has 1 N–H and O–H groups in total. The van der Waals surface area contributed by atoms with Crippen molar-refractivity contribution in [1.29, 1.82) is 0 Å². The third-order valence-electron chi connectivity index (χ3n) is 2.83. The fourth-order valence-electron chi connectivity index (χ4n) is 1.86. The van der Waals surface area contributed by atoms with Crippen LogP contribution in [0.2, 0.25) is 10.0 Å². The minimum atomic E-state index is -3.68. The van der Waals surface area contributed by atoms with Gasteiger partial charge in [-0.1, -0.05) is 47.5 Å². The molecular weight excluding hydrogens is 345 g/mol. The Morgan fingerprint density at radius 3 is 2.14 bits per heavy atom. The number of sulfone groups is 1.